The van der Waals surface area contributed by atoms with Gasteiger partial charge in [0.15, 0.2) is 0 Å². The number of benzene rings is 1. The lowest BCUT2D eigenvalue weighted by molar-refractivity contribution is -0.483. The second-order valence-corrected chi connectivity index (χ2v) is 3.60. The highest BCUT2D eigenvalue weighted by atomic mass is 35.5. The van der Waals surface area contributed by atoms with Crippen LogP contribution in [0.4, 0.5) is 0 Å². The molecule has 1 unspecified atom stereocenters. The molecule has 0 fully saturated rings. The summed E-state index contributed by atoms with van der Waals surface area (Å²) in [7, 11) is 0. The fourth-order valence-corrected chi connectivity index (χ4v) is 1.47. The van der Waals surface area contributed by atoms with Crippen molar-refractivity contribution in [1.29, 1.82) is 0 Å². The van der Waals surface area contributed by atoms with Crippen molar-refractivity contribution >= 4 is 17.9 Å². The van der Waals surface area contributed by atoms with Crippen molar-refractivity contribution in [3.8, 4) is 0 Å². The Morgan fingerprint density at radius 3 is 2.47 bits per heavy atom. The molecule has 0 radical (unpaired) electrons. The van der Waals surface area contributed by atoms with Crippen LogP contribution < -0.4 is 0 Å². The molecule has 1 aromatic carbocycles. The second kappa shape index (κ2) is 5.46. The normalized spacial score (nSPS) is 12.1. The van der Waals surface area contributed by atoms with E-state index in [0.29, 0.717) is 11.3 Å². The van der Waals surface area contributed by atoms with Crippen LogP contribution >= 0.6 is 11.6 Å². The van der Waals surface area contributed by atoms with E-state index in [2.05, 4.69) is 0 Å². The molecular weight excluding hydrogens is 218 g/mol. The molecule has 1 atom stereocenters. The molecule has 0 aliphatic carbocycles. The highest BCUT2D eigenvalue weighted by molar-refractivity contribution is 6.30. The van der Waals surface area contributed by atoms with E-state index in [4.69, 9.17) is 11.6 Å². The fraction of sp³-hybridized carbons (Fsp3) is 0.300. The van der Waals surface area contributed by atoms with Crippen LogP contribution in [0.1, 0.15) is 17.9 Å². The predicted molar refractivity (Wildman–Crippen MR) is 56.7 cm³/mol. The molecule has 0 aliphatic heterocycles. The number of carbonyl (C=O) groups is 1. The number of nitro groups is 1. The summed E-state index contributed by atoms with van der Waals surface area (Å²) in [5.41, 5.74) is 0.767. The predicted octanol–water partition coefficient (Wildman–Crippen LogP) is 2.29. The summed E-state index contributed by atoms with van der Waals surface area (Å²) in [5, 5.41) is 11.0. The van der Waals surface area contributed by atoms with Gasteiger partial charge in [0.1, 0.15) is 6.29 Å². The zero-order chi connectivity index (χ0) is 11.3. The van der Waals surface area contributed by atoms with E-state index in [-0.39, 0.29) is 18.9 Å². The van der Waals surface area contributed by atoms with Crippen LogP contribution in [0, 0.1) is 10.1 Å². The highest BCUT2D eigenvalue weighted by Gasteiger charge is 2.16. The fourth-order valence-electron chi connectivity index (χ4n) is 1.35. The molecule has 0 saturated carbocycles. The standard InChI is InChI=1S/C10H10ClNO3/c11-10-3-1-8(2-4-10)9(5-6-13)7-12(14)15/h1-4,6,9H,5,7H2. The lowest BCUT2D eigenvalue weighted by atomic mass is 9.96. The first-order valence-corrected chi connectivity index (χ1v) is 4.82. The summed E-state index contributed by atoms with van der Waals surface area (Å²) < 4.78 is 0. The molecule has 4 nitrogen and oxygen atoms in total. The summed E-state index contributed by atoms with van der Waals surface area (Å²) in [5.74, 6) is -0.366. The summed E-state index contributed by atoms with van der Waals surface area (Å²) in [6.45, 7) is -0.236. The Hall–Kier alpha value is -1.42. The smallest absolute Gasteiger partial charge is 0.211 e. The van der Waals surface area contributed by atoms with Crippen LogP contribution in [-0.4, -0.2) is 17.8 Å². The van der Waals surface area contributed by atoms with Crippen molar-refractivity contribution in [1.82, 2.24) is 0 Å². The zero-order valence-electron chi connectivity index (χ0n) is 7.93. The maximum Gasteiger partial charge on any atom is 0.211 e. The Morgan fingerprint density at radius 2 is 2.00 bits per heavy atom. The molecule has 1 rings (SSSR count). The Balaban J connectivity index is 2.83. The first kappa shape index (κ1) is 11.7. The maximum atomic E-state index is 10.4. The van der Waals surface area contributed by atoms with Crippen molar-refractivity contribution < 1.29 is 9.72 Å². The minimum atomic E-state index is -0.414. The van der Waals surface area contributed by atoms with Crippen molar-refractivity contribution in [3.05, 3.63) is 45.0 Å². The van der Waals surface area contributed by atoms with Crippen molar-refractivity contribution in [2.45, 2.75) is 12.3 Å². The molecule has 0 N–H and O–H groups in total. The van der Waals surface area contributed by atoms with E-state index in [1.54, 1.807) is 24.3 Å². The minimum absolute atomic E-state index is 0.155. The van der Waals surface area contributed by atoms with Gasteiger partial charge >= 0.3 is 0 Å². The summed E-state index contributed by atoms with van der Waals surface area (Å²) in [6.07, 6.45) is 0.853. The van der Waals surface area contributed by atoms with E-state index in [1.807, 2.05) is 0 Å². The number of halogens is 1. The molecule has 0 bridgehead atoms. The second-order valence-electron chi connectivity index (χ2n) is 3.17. The summed E-state index contributed by atoms with van der Waals surface area (Å²) in [4.78, 5) is 20.4. The molecular formula is C10H10ClNO3. The molecule has 0 amide bonds. The van der Waals surface area contributed by atoms with Crippen molar-refractivity contribution in [2.75, 3.05) is 6.54 Å². The lowest BCUT2D eigenvalue weighted by Crippen LogP contribution is -2.13. The number of hydrogen-bond donors (Lipinski definition) is 0. The van der Waals surface area contributed by atoms with Crippen LogP contribution in [0.5, 0.6) is 0 Å². The zero-order valence-corrected chi connectivity index (χ0v) is 8.68. The third-order valence-electron chi connectivity index (χ3n) is 2.09. The number of hydrogen-bond acceptors (Lipinski definition) is 3. The maximum absolute atomic E-state index is 10.4. The summed E-state index contributed by atoms with van der Waals surface area (Å²) in [6, 6.07) is 6.74. The largest absolute Gasteiger partial charge is 0.303 e. The SMILES string of the molecule is O=CCC(C[N+](=O)[O-])c1ccc(Cl)cc1. The number of aldehydes is 1. The molecule has 5 heteroatoms. The average molecular weight is 228 g/mol. The van der Waals surface area contributed by atoms with Gasteiger partial charge in [0.2, 0.25) is 6.54 Å². The van der Waals surface area contributed by atoms with Gasteiger partial charge in [0, 0.05) is 16.4 Å². The first-order chi connectivity index (χ1) is 7.13. The topological polar surface area (TPSA) is 60.2 Å². The molecule has 1 aromatic rings. The highest BCUT2D eigenvalue weighted by Crippen LogP contribution is 2.20. The molecule has 0 saturated heterocycles. The van der Waals surface area contributed by atoms with Crippen LogP contribution in [0.25, 0.3) is 0 Å². The number of carbonyl (C=O) groups excluding carboxylic acids is 1. The average Bonchev–Trinajstić information content (AvgIpc) is 2.17. The molecule has 0 spiro atoms. The number of nitrogens with zero attached hydrogens (tertiary/aromatic N) is 1. The van der Waals surface area contributed by atoms with Crippen LogP contribution in [0.3, 0.4) is 0 Å². The third-order valence-corrected chi connectivity index (χ3v) is 2.34. The number of rotatable bonds is 5. The van der Waals surface area contributed by atoms with Crippen LogP contribution in [0.2, 0.25) is 5.02 Å². The van der Waals surface area contributed by atoms with Gasteiger partial charge in [0.25, 0.3) is 0 Å². The minimum Gasteiger partial charge on any atom is -0.303 e. The lowest BCUT2D eigenvalue weighted by Gasteiger charge is -2.09. The van der Waals surface area contributed by atoms with Crippen molar-refractivity contribution in [3.63, 3.8) is 0 Å². The Morgan fingerprint density at radius 1 is 1.40 bits per heavy atom. The van der Waals surface area contributed by atoms with Gasteiger partial charge in [-0.25, -0.2) is 0 Å². The Bertz CT molecular complexity index is 350. The first-order valence-electron chi connectivity index (χ1n) is 4.44. The van der Waals surface area contributed by atoms with Gasteiger partial charge in [-0.2, -0.15) is 0 Å². The summed E-state index contributed by atoms with van der Waals surface area (Å²) >= 11 is 5.70. The van der Waals surface area contributed by atoms with E-state index in [1.165, 1.54) is 0 Å². The molecule has 0 aromatic heterocycles. The molecule has 15 heavy (non-hydrogen) atoms. The van der Waals surface area contributed by atoms with Gasteiger partial charge in [-0.3, -0.25) is 10.1 Å². The third kappa shape index (κ3) is 3.67. The van der Waals surface area contributed by atoms with E-state index >= 15 is 0 Å². The van der Waals surface area contributed by atoms with E-state index in [0.717, 1.165) is 5.56 Å². The van der Waals surface area contributed by atoms with Gasteiger partial charge in [0.05, 0.1) is 5.92 Å². The molecule has 80 valence electrons. The van der Waals surface area contributed by atoms with Gasteiger partial charge in [-0.05, 0) is 17.7 Å². The Labute approximate surface area is 92.0 Å². The quantitative estimate of drug-likeness (QED) is 0.441. The van der Waals surface area contributed by atoms with Gasteiger partial charge < -0.3 is 4.79 Å². The van der Waals surface area contributed by atoms with Crippen LogP contribution in [-0.2, 0) is 4.79 Å². The van der Waals surface area contributed by atoms with Crippen LogP contribution in [0.15, 0.2) is 24.3 Å². The monoisotopic (exact) mass is 227 g/mol. The Kier molecular flexibility index (Phi) is 4.24. The molecule has 0 aliphatic rings. The van der Waals surface area contributed by atoms with E-state index < -0.39 is 4.92 Å². The van der Waals surface area contributed by atoms with Crippen molar-refractivity contribution in [2.24, 2.45) is 0 Å². The van der Waals surface area contributed by atoms with E-state index in [9.17, 15) is 14.9 Å². The van der Waals surface area contributed by atoms with Gasteiger partial charge in [-0.15, -0.1) is 0 Å². The molecule has 0 heterocycles. The van der Waals surface area contributed by atoms with Gasteiger partial charge in [-0.1, -0.05) is 23.7 Å².